The summed E-state index contributed by atoms with van der Waals surface area (Å²) in [6, 6.07) is 6.01. The third-order valence-corrected chi connectivity index (χ3v) is 3.83. The molecule has 4 heteroatoms. The van der Waals surface area contributed by atoms with E-state index in [0.29, 0.717) is 6.54 Å². The standard InChI is InChI=1S/C13H17ClN2S/c1-17-6-2-5-16-9-10(8-15)12-4-3-11(14)7-13(12)16/h3-4,7,9H,2,5-6,8,15H2,1H3. The molecule has 0 fully saturated rings. The number of benzene rings is 1. The van der Waals surface area contributed by atoms with Crippen LogP contribution in [0.5, 0.6) is 0 Å². The quantitative estimate of drug-likeness (QED) is 0.842. The van der Waals surface area contributed by atoms with E-state index in [4.69, 9.17) is 17.3 Å². The summed E-state index contributed by atoms with van der Waals surface area (Å²) >= 11 is 7.93. The molecule has 1 aromatic heterocycles. The SMILES string of the molecule is CSCCCn1cc(CN)c2ccc(Cl)cc21. The Morgan fingerprint density at radius 1 is 1.41 bits per heavy atom. The van der Waals surface area contributed by atoms with Crippen LogP contribution in [0.4, 0.5) is 0 Å². The fourth-order valence-corrected chi connectivity index (χ4v) is 2.65. The van der Waals surface area contributed by atoms with Gasteiger partial charge < -0.3 is 10.3 Å². The molecule has 0 saturated heterocycles. The van der Waals surface area contributed by atoms with E-state index in [1.165, 1.54) is 28.6 Å². The van der Waals surface area contributed by atoms with Gasteiger partial charge in [0.15, 0.2) is 0 Å². The van der Waals surface area contributed by atoms with Crippen molar-refractivity contribution in [2.45, 2.75) is 19.5 Å². The van der Waals surface area contributed by atoms with Gasteiger partial charge in [-0.25, -0.2) is 0 Å². The summed E-state index contributed by atoms with van der Waals surface area (Å²) in [6.45, 7) is 1.60. The Balaban J connectivity index is 2.36. The van der Waals surface area contributed by atoms with E-state index in [2.05, 4.69) is 23.1 Å². The van der Waals surface area contributed by atoms with Crippen LogP contribution < -0.4 is 5.73 Å². The van der Waals surface area contributed by atoms with Crippen LogP contribution in [0.25, 0.3) is 10.9 Å². The van der Waals surface area contributed by atoms with Crippen LogP contribution in [0, 0.1) is 0 Å². The average molecular weight is 269 g/mol. The van der Waals surface area contributed by atoms with E-state index in [-0.39, 0.29) is 0 Å². The Labute approximate surface area is 111 Å². The number of nitrogens with two attached hydrogens (primary N) is 1. The van der Waals surface area contributed by atoms with E-state index >= 15 is 0 Å². The van der Waals surface area contributed by atoms with Gasteiger partial charge in [-0.2, -0.15) is 11.8 Å². The van der Waals surface area contributed by atoms with Crippen molar-refractivity contribution in [2.75, 3.05) is 12.0 Å². The van der Waals surface area contributed by atoms with E-state index in [0.717, 1.165) is 11.6 Å². The van der Waals surface area contributed by atoms with Gasteiger partial charge in [0, 0.05) is 35.2 Å². The highest BCUT2D eigenvalue weighted by Crippen LogP contribution is 2.25. The van der Waals surface area contributed by atoms with Crippen molar-refractivity contribution in [1.82, 2.24) is 4.57 Å². The molecule has 0 saturated carbocycles. The summed E-state index contributed by atoms with van der Waals surface area (Å²) in [5.41, 5.74) is 8.16. The Hall–Kier alpha value is -0.640. The van der Waals surface area contributed by atoms with Crippen molar-refractivity contribution in [3.05, 3.63) is 35.0 Å². The van der Waals surface area contributed by atoms with Gasteiger partial charge in [0.05, 0.1) is 0 Å². The maximum absolute atomic E-state index is 6.06. The van der Waals surface area contributed by atoms with Gasteiger partial charge in [-0.1, -0.05) is 17.7 Å². The number of hydrogen-bond donors (Lipinski definition) is 1. The summed E-state index contributed by atoms with van der Waals surface area (Å²) in [7, 11) is 0. The second-order valence-corrected chi connectivity index (χ2v) is 5.48. The highest BCUT2D eigenvalue weighted by Gasteiger charge is 2.07. The first-order valence-corrected chi connectivity index (χ1v) is 7.49. The Morgan fingerprint density at radius 3 is 2.94 bits per heavy atom. The molecule has 0 aliphatic heterocycles. The van der Waals surface area contributed by atoms with Crippen molar-refractivity contribution in [3.8, 4) is 0 Å². The van der Waals surface area contributed by atoms with Crippen LogP contribution in [-0.2, 0) is 13.1 Å². The first kappa shape index (κ1) is 12.8. The molecule has 2 aromatic rings. The monoisotopic (exact) mass is 268 g/mol. The normalized spacial score (nSPS) is 11.2. The van der Waals surface area contributed by atoms with Gasteiger partial charge in [-0.15, -0.1) is 0 Å². The van der Waals surface area contributed by atoms with Crippen LogP contribution in [0.2, 0.25) is 5.02 Å². The maximum Gasteiger partial charge on any atom is 0.0498 e. The van der Waals surface area contributed by atoms with Crippen LogP contribution in [-0.4, -0.2) is 16.6 Å². The van der Waals surface area contributed by atoms with Crippen molar-refractivity contribution < 1.29 is 0 Å². The first-order chi connectivity index (χ1) is 8.26. The molecule has 2 rings (SSSR count). The number of thioether (sulfide) groups is 1. The molecule has 0 unspecified atom stereocenters. The number of fused-ring (bicyclic) bond motifs is 1. The summed E-state index contributed by atoms with van der Waals surface area (Å²) in [5, 5.41) is 2.01. The van der Waals surface area contributed by atoms with Gasteiger partial charge in [-0.05, 0) is 36.1 Å². The number of halogens is 1. The second kappa shape index (κ2) is 5.80. The van der Waals surface area contributed by atoms with Gasteiger partial charge in [0.25, 0.3) is 0 Å². The third kappa shape index (κ3) is 2.79. The van der Waals surface area contributed by atoms with E-state index in [9.17, 15) is 0 Å². The largest absolute Gasteiger partial charge is 0.347 e. The lowest BCUT2D eigenvalue weighted by Crippen LogP contribution is -1.98. The van der Waals surface area contributed by atoms with E-state index in [1.807, 2.05) is 23.9 Å². The fraction of sp³-hybridized carbons (Fsp3) is 0.385. The zero-order valence-corrected chi connectivity index (χ0v) is 11.5. The van der Waals surface area contributed by atoms with E-state index < -0.39 is 0 Å². The van der Waals surface area contributed by atoms with Gasteiger partial charge in [0.1, 0.15) is 0 Å². The average Bonchev–Trinajstić information content (AvgIpc) is 2.67. The van der Waals surface area contributed by atoms with Crippen molar-refractivity contribution in [2.24, 2.45) is 5.73 Å². The molecule has 1 aromatic carbocycles. The molecular weight excluding hydrogens is 252 g/mol. The number of nitrogens with zero attached hydrogens (tertiary/aromatic N) is 1. The Morgan fingerprint density at radius 2 is 2.24 bits per heavy atom. The molecule has 0 amide bonds. The Kier molecular flexibility index (Phi) is 4.37. The minimum absolute atomic E-state index is 0.577. The van der Waals surface area contributed by atoms with Crippen molar-refractivity contribution in [1.29, 1.82) is 0 Å². The Bertz CT molecular complexity index is 507. The lowest BCUT2D eigenvalue weighted by Gasteiger charge is -2.04. The number of rotatable bonds is 5. The maximum atomic E-state index is 6.06. The zero-order chi connectivity index (χ0) is 12.3. The molecule has 2 N–H and O–H groups in total. The summed E-state index contributed by atoms with van der Waals surface area (Å²) in [5.74, 6) is 1.18. The molecule has 1 heterocycles. The molecule has 0 aliphatic rings. The van der Waals surface area contributed by atoms with Crippen molar-refractivity contribution in [3.63, 3.8) is 0 Å². The molecule has 0 aliphatic carbocycles. The lowest BCUT2D eigenvalue weighted by atomic mass is 10.2. The molecule has 0 radical (unpaired) electrons. The molecule has 0 bridgehead atoms. The molecular formula is C13H17ClN2S. The van der Waals surface area contributed by atoms with Gasteiger partial charge in [0.2, 0.25) is 0 Å². The summed E-state index contributed by atoms with van der Waals surface area (Å²) < 4.78 is 2.26. The number of aromatic nitrogens is 1. The number of aryl methyl sites for hydroxylation is 1. The summed E-state index contributed by atoms with van der Waals surface area (Å²) in [4.78, 5) is 0. The molecule has 92 valence electrons. The highest BCUT2D eigenvalue weighted by atomic mass is 35.5. The predicted molar refractivity (Wildman–Crippen MR) is 77.8 cm³/mol. The smallest absolute Gasteiger partial charge is 0.0498 e. The van der Waals surface area contributed by atoms with Crippen molar-refractivity contribution >= 4 is 34.3 Å². The highest BCUT2D eigenvalue weighted by molar-refractivity contribution is 7.98. The number of hydrogen-bond acceptors (Lipinski definition) is 2. The minimum atomic E-state index is 0.577. The zero-order valence-electron chi connectivity index (χ0n) is 9.95. The summed E-state index contributed by atoms with van der Waals surface area (Å²) in [6.07, 6.45) is 5.46. The van der Waals surface area contributed by atoms with Crippen LogP contribution in [0.1, 0.15) is 12.0 Å². The van der Waals surface area contributed by atoms with E-state index in [1.54, 1.807) is 0 Å². The molecule has 17 heavy (non-hydrogen) atoms. The molecule has 2 nitrogen and oxygen atoms in total. The topological polar surface area (TPSA) is 30.9 Å². The van der Waals surface area contributed by atoms with Crippen LogP contribution in [0.3, 0.4) is 0 Å². The lowest BCUT2D eigenvalue weighted by molar-refractivity contribution is 0.706. The molecule has 0 atom stereocenters. The minimum Gasteiger partial charge on any atom is -0.347 e. The van der Waals surface area contributed by atoms with Gasteiger partial charge in [-0.3, -0.25) is 0 Å². The first-order valence-electron chi connectivity index (χ1n) is 5.72. The second-order valence-electron chi connectivity index (χ2n) is 4.06. The van der Waals surface area contributed by atoms with Crippen LogP contribution >= 0.6 is 23.4 Å². The van der Waals surface area contributed by atoms with Crippen LogP contribution in [0.15, 0.2) is 24.4 Å². The molecule has 0 spiro atoms. The van der Waals surface area contributed by atoms with Gasteiger partial charge >= 0.3 is 0 Å². The predicted octanol–water partition coefficient (Wildman–Crippen LogP) is 3.51. The third-order valence-electron chi connectivity index (χ3n) is 2.89. The fourth-order valence-electron chi connectivity index (χ4n) is 2.07.